The smallest absolute Gasteiger partial charge is 0.241 e. The second-order valence-electron chi connectivity index (χ2n) is 6.71. The minimum absolute atomic E-state index is 0. The first-order chi connectivity index (χ1) is 12.9. The van der Waals surface area contributed by atoms with E-state index in [0.29, 0.717) is 25.7 Å². The van der Waals surface area contributed by atoms with Gasteiger partial charge in [-0.1, -0.05) is 19.1 Å². The van der Waals surface area contributed by atoms with E-state index in [1.165, 1.54) is 0 Å². The maximum atomic E-state index is 11.9. The van der Waals surface area contributed by atoms with Crippen LogP contribution in [0.4, 0.5) is 0 Å². The molecule has 0 aromatic heterocycles. The molecule has 28 heavy (non-hydrogen) atoms. The molecule has 160 valence electrons. The van der Waals surface area contributed by atoms with E-state index < -0.39 is 0 Å². The molecule has 2 N–H and O–H groups in total. The molecule has 0 aliphatic rings. The SMILES string of the molecule is CCC(C)NC(=NCc1ccc(C)cc1OCCOC)NCC(=O)N(C)C.I. The average molecular weight is 506 g/mol. The van der Waals surface area contributed by atoms with Gasteiger partial charge >= 0.3 is 0 Å². The summed E-state index contributed by atoms with van der Waals surface area (Å²) in [6.07, 6.45) is 0.957. The fraction of sp³-hybridized carbons (Fsp3) is 0.600. The number of carbonyl (C=O) groups excluding carboxylic acids is 1. The largest absolute Gasteiger partial charge is 0.491 e. The van der Waals surface area contributed by atoms with Crippen LogP contribution in [-0.4, -0.2) is 63.8 Å². The van der Waals surface area contributed by atoms with Crippen LogP contribution >= 0.6 is 24.0 Å². The van der Waals surface area contributed by atoms with Gasteiger partial charge in [-0.05, 0) is 31.9 Å². The minimum Gasteiger partial charge on any atom is -0.491 e. The van der Waals surface area contributed by atoms with Crippen molar-refractivity contribution >= 4 is 35.8 Å². The van der Waals surface area contributed by atoms with Crippen LogP contribution in [0.25, 0.3) is 0 Å². The summed E-state index contributed by atoms with van der Waals surface area (Å²) in [6, 6.07) is 6.32. The molecule has 1 atom stereocenters. The predicted octanol–water partition coefficient (Wildman–Crippen LogP) is 2.56. The molecule has 1 rings (SSSR count). The van der Waals surface area contributed by atoms with Gasteiger partial charge in [0.15, 0.2) is 5.96 Å². The van der Waals surface area contributed by atoms with Crippen molar-refractivity contribution in [3.63, 3.8) is 0 Å². The van der Waals surface area contributed by atoms with Gasteiger partial charge in [0.1, 0.15) is 12.4 Å². The molecule has 1 unspecified atom stereocenters. The molecule has 0 heterocycles. The lowest BCUT2D eigenvalue weighted by Gasteiger charge is -2.18. The number of aliphatic imine (C=N–C) groups is 1. The van der Waals surface area contributed by atoms with Crippen LogP contribution in [0.15, 0.2) is 23.2 Å². The summed E-state index contributed by atoms with van der Waals surface area (Å²) < 4.78 is 10.9. The average Bonchev–Trinajstić information content (AvgIpc) is 2.64. The third kappa shape index (κ3) is 10.1. The van der Waals surface area contributed by atoms with Gasteiger partial charge in [0.2, 0.25) is 5.91 Å². The monoisotopic (exact) mass is 506 g/mol. The van der Waals surface area contributed by atoms with E-state index in [1.54, 1.807) is 26.1 Å². The number of benzene rings is 1. The van der Waals surface area contributed by atoms with Gasteiger partial charge in [-0.2, -0.15) is 0 Å². The number of guanidine groups is 1. The van der Waals surface area contributed by atoms with Crippen LogP contribution in [0.3, 0.4) is 0 Å². The third-order valence-corrected chi connectivity index (χ3v) is 4.08. The van der Waals surface area contributed by atoms with Crippen molar-refractivity contribution in [3.8, 4) is 5.75 Å². The van der Waals surface area contributed by atoms with Crippen molar-refractivity contribution < 1.29 is 14.3 Å². The second-order valence-corrected chi connectivity index (χ2v) is 6.71. The van der Waals surface area contributed by atoms with Crippen molar-refractivity contribution in [2.75, 3.05) is 41.0 Å². The summed E-state index contributed by atoms with van der Waals surface area (Å²) in [5, 5.41) is 6.43. The molecule has 0 fully saturated rings. The first-order valence-electron chi connectivity index (χ1n) is 9.33. The van der Waals surface area contributed by atoms with E-state index in [4.69, 9.17) is 9.47 Å². The Morgan fingerprint density at radius 1 is 1.29 bits per heavy atom. The molecule has 0 radical (unpaired) electrons. The van der Waals surface area contributed by atoms with Crippen molar-refractivity contribution in [2.24, 2.45) is 4.99 Å². The van der Waals surface area contributed by atoms with Gasteiger partial charge in [-0.3, -0.25) is 4.79 Å². The van der Waals surface area contributed by atoms with Gasteiger partial charge in [0.25, 0.3) is 0 Å². The quantitative estimate of drug-likeness (QED) is 0.221. The number of hydrogen-bond acceptors (Lipinski definition) is 4. The Morgan fingerprint density at radius 3 is 2.61 bits per heavy atom. The summed E-state index contributed by atoms with van der Waals surface area (Å²) in [7, 11) is 5.12. The lowest BCUT2D eigenvalue weighted by atomic mass is 10.1. The molecular formula is C20H35IN4O3. The summed E-state index contributed by atoms with van der Waals surface area (Å²) in [6.45, 7) is 7.87. The van der Waals surface area contributed by atoms with E-state index in [0.717, 1.165) is 23.3 Å². The summed E-state index contributed by atoms with van der Waals surface area (Å²) in [5.74, 6) is 1.42. The molecule has 0 saturated heterocycles. The number of amides is 1. The van der Waals surface area contributed by atoms with Crippen molar-refractivity contribution in [1.29, 1.82) is 0 Å². The van der Waals surface area contributed by atoms with Crippen LogP contribution in [0.1, 0.15) is 31.4 Å². The number of rotatable bonds is 10. The summed E-state index contributed by atoms with van der Waals surface area (Å²) in [5.41, 5.74) is 2.11. The van der Waals surface area contributed by atoms with Crippen LogP contribution in [-0.2, 0) is 16.1 Å². The first kappa shape index (κ1) is 26.4. The Balaban J connectivity index is 0.00000729. The standard InChI is InChI=1S/C20H34N4O3.HI/c1-7-16(3)23-20(22-14-19(25)24(4)5)21-13-17-9-8-15(2)12-18(17)27-11-10-26-6;/h8-9,12,16H,7,10-11,13-14H2,1-6H3,(H2,21,22,23);1H. The first-order valence-corrected chi connectivity index (χ1v) is 9.33. The van der Waals surface area contributed by atoms with E-state index in [1.807, 2.05) is 25.1 Å². The predicted molar refractivity (Wildman–Crippen MR) is 125 cm³/mol. The highest BCUT2D eigenvalue weighted by Gasteiger charge is 2.09. The van der Waals surface area contributed by atoms with Crippen molar-refractivity contribution in [2.45, 2.75) is 39.8 Å². The summed E-state index contributed by atoms with van der Waals surface area (Å²) in [4.78, 5) is 18.1. The molecule has 0 bridgehead atoms. The number of halogens is 1. The Hall–Kier alpha value is -1.55. The van der Waals surface area contributed by atoms with Gasteiger partial charge in [0.05, 0.1) is 19.7 Å². The number of nitrogens with zero attached hydrogens (tertiary/aromatic N) is 2. The molecule has 1 aromatic rings. The molecule has 0 saturated carbocycles. The van der Waals surface area contributed by atoms with E-state index in [9.17, 15) is 4.79 Å². The summed E-state index contributed by atoms with van der Waals surface area (Å²) >= 11 is 0. The number of ether oxygens (including phenoxy) is 2. The maximum absolute atomic E-state index is 11.9. The fourth-order valence-electron chi connectivity index (χ4n) is 2.13. The highest BCUT2D eigenvalue weighted by atomic mass is 127. The number of methoxy groups -OCH3 is 1. The lowest BCUT2D eigenvalue weighted by molar-refractivity contribution is -0.127. The zero-order valence-electron chi connectivity index (χ0n) is 17.9. The third-order valence-electron chi connectivity index (χ3n) is 4.08. The second kappa shape index (κ2) is 14.4. The molecule has 1 aromatic carbocycles. The molecule has 7 nitrogen and oxygen atoms in total. The Kier molecular flexibility index (Phi) is 13.6. The van der Waals surface area contributed by atoms with Crippen LogP contribution < -0.4 is 15.4 Å². The van der Waals surface area contributed by atoms with E-state index >= 15 is 0 Å². The lowest BCUT2D eigenvalue weighted by Crippen LogP contribution is -2.45. The Labute approximate surface area is 186 Å². The van der Waals surface area contributed by atoms with Crippen molar-refractivity contribution in [3.05, 3.63) is 29.3 Å². The van der Waals surface area contributed by atoms with Gasteiger partial charge in [-0.15, -0.1) is 24.0 Å². The number of aryl methyl sites for hydroxylation is 1. The fourth-order valence-corrected chi connectivity index (χ4v) is 2.13. The van der Waals surface area contributed by atoms with Gasteiger partial charge < -0.3 is 25.0 Å². The van der Waals surface area contributed by atoms with Gasteiger partial charge in [-0.25, -0.2) is 4.99 Å². The number of hydrogen-bond donors (Lipinski definition) is 2. The Morgan fingerprint density at radius 2 is 2.00 bits per heavy atom. The van der Waals surface area contributed by atoms with Crippen molar-refractivity contribution in [1.82, 2.24) is 15.5 Å². The normalized spacial score (nSPS) is 12.0. The number of nitrogens with one attached hydrogen (secondary N) is 2. The number of likely N-dealkylation sites (N-methyl/N-ethyl adjacent to an activating group) is 1. The Bertz CT molecular complexity index is 623. The van der Waals surface area contributed by atoms with Crippen LogP contribution in [0.2, 0.25) is 0 Å². The zero-order valence-corrected chi connectivity index (χ0v) is 20.2. The highest BCUT2D eigenvalue weighted by Crippen LogP contribution is 2.21. The van der Waals surface area contributed by atoms with Crippen LogP contribution in [0, 0.1) is 6.92 Å². The number of carbonyl (C=O) groups is 1. The molecular weight excluding hydrogens is 471 g/mol. The highest BCUT2D eigenvalue weighted by molar-refractivity contribution is 14.0. The molecule has 0 aliphatic heterocycles. The topological polar surface area (TPSA) is 75.2 Å². The van der Waals surface area contributed by atoms with Gasteiger partial charge in [0, 0.05) is 32.8 Å². The molecule has 8 heteroatoms. The molecule has 0 spiro atoms. The zero-order chi connectivity index (χ0) is 20.2. The molecule has 1 amide bonds. The van der Waals surface area contributed by atoms with E-state index in [-0.39, 0.29) is 42.5 Å². The van der Waals surface area contributed by atoms with Crippen LogP contribution in [0.5, 0.6) is 5.75 Å². The maximum Gasteiger partial charge on any atom is 0.241 e. The minimum atomic E-state index is -0.00687. The molecule has 0 aliphatic carbocycles. The van der Waals surface area contributed by atoms with E-state index in [2.05, 4.69) is 29.5 Å².